The van der Waals surface area contributed by atoms with Gasteiger partial charge in [0.1, 0.15) is 0 Å². The van der Waals surface area contributed by atoms with Gasteiger partial charge in [0, 0.05) is 6.61 Å². The summed E-state index contributed by atoms with van der Waals surface area (Å²) in [5.41, 5.74) is 2.31. The summed E-state index contributed by atoms with van der Waals surface area (Å²) < 4.78 is 10.9. The largest absolute Gasteiger partial charge is 0.469 e. The molecule has 0 fully saturated rings. The van der Waals surface area contributed by atoms with E-state index in [9.17, 15) is 4.79 Å². The fraction of sp³-hybridized carbons (Fsp3) is 0.632. The number of benzene rings is 1. The van der Waals surface area contributed by atoms with Gasteiger partial charge in [-0.2, -0.15) is 0 Å². The average molecular weight is 337 g/mol. The third kappa shape index (κ3) is 6.88. The van der Waals surface area contributed by atoms with Gasteiger partial charge in [0.05, 0.1) is 13.5 Å². The van der Waals surface area contributed by atoms with Gasteiger partial charge in [-0.15, -0.1) is 0 Å². The maximum Gasteiger partial charge on any atom is 0.309 e. The van der Waals surface area contributed by atoms with Gasteiger partial charge in [-0.3, -0.25) is 4.79 Å². The van der Waals surface area contributed by atoms with E-state index in [0.717, 1.165) is 31.4 Å². The Labute approximate surface area is 142 Å². The van der Waals surface area contributed by atoms with Crippen LogP contribution in [0.15, 0.2) is 24.3 Å². The van der Waals surface area contributed by atoms with Crippen molar-refractivity contribution >= 4 is 14.3 Å². The molecule has 1 rings (SSSR count). The topological polar surface area (TPSA) is 35.5 Å². The molecule has 0 saturated heterocycles. The Bertz CT molecular complexity index is 486. The van der Waals surface area contributed by atoms with Crippen molar-refractivity contribution in [2.45, 2.75) is 64.6 Å². The van der Waals surface area contributed by atoms with E-state index in [-0.39, 0.29) is 11.0 Å². The highest BCUT2D eigenvalue weighted by atomic mass is 28.4. The Hall–Kier alpha value is -1.13. The lowest BCUT2D eigenvalue weighted by Gasteiger charge is -2.36. The van der Waals surface area contributed by atoms with Gasteiger partial charge in [-0.25, -0.2) is 0 Å². The van der Waals surface area contributed by atoms with Crippen molar-refractivity contribution in [2.24, 2.45) is 0 Å². The molecule has 0 saturated carbocycles. The maximum atomic E-state index is 11.2. The number of hydrogen-bond acceptors (Lipinski definition) is 3. The summed E-state index contributed by atoms with van der Waals surface area (Å²) in [5, 5.41) is 0.280. The normalized spacial score (nSPS) is 12.3. The van der Waals surface area contributed by atoms with Crippen molar-refractivity contribution in [1.82, 2.24) is 0 Å². The molecular formula is C19H32O3Si. The molecule has 23 heavy (non-hydrogen) atoms. The summed E-state index contributed by atoms with van der Waals surface area (Å²) in [5.74, 6) is -0.194. The molecule has 0 bridgehead atoms. The SMILES string of the molecule is COC(=O)Cc1ccc(CCCCO[Si](C)(C)C(C)(C)C)cc1. The van der Waals surface area contributed by atoms with Crippen LogP contribution in [0, 0.1) is 0 Å². The van der Waals surface area contributed by atoms with E-state index in [0.29, 0.717) is 6.42 Å². The second-order valence-corrected chi connectivity index (χ2v) is 12.4. The van der Waals surface area contributed by atoms with Crippen LogP contribution in [-0.2, 0) is 26.8 Å². The number of aryl methyl sites for hydroxylation is 1. The van der Waals surface area contributed by atoms with E-state index in [1.54, 1.807) is 0 Å². The Morgan fingerprint density at radius 3 is 2.13 bits per heavy atom. The second kappa shape index (κ2) is 8.64. The highest BCUT2D eigenvalue weighted by Gasteiger charge is 2.36. The van der Waals surface area contributed by atoms with E-state index >= 15 is 0 Å². The molecule has 0 N–H and O–H groups in total. The molecule has 0 aliphatic carbocycles. The summed E-state index contributed by atoms with van der Waals surface area (Å²) in [6.45, 7) is 12.3. The molecule has 0 amide bonds. The standard InChI is InChI=1S/C19H32O3Si/c1-19(2,3)23(5,6)22-14-8-7-9-16-10-12-17(13-11-16)15-18(20)21-4/h10-13H,7-9,14-15H2,1-6H3. The van der Waals surface area contributed by atoms with Gasteiger partial charge >= 0.3 is 5.97 Å². The van der Waals surface area contributed by atoms with Gasteiger partial charge in [0.15, 0.2) is 8.32 Å². The summed E-state index contributed by atoms with van der Waals surface area (Å²) in [7, 11) is -0.186. The van der Waals surface area contributed by atoms with E-state index in [1.807, 2.05) is 12.1 Å². The zero-order valence-corrected chi connectivity index (χ0v) is 16.6. The van der Waals surface area contributed by atoms with Gasteiger partial charge in [0.25, 0.3) is 0 Å². The average Bonchev–Trinajstić information content (AvgIpc) is 2.47. The molecule has 0 atom stereocenters. The first kappa shape index (κ1) is 19.9. The quantitative estimate of drug-likeness (QED) is 0.390. The Balaban J connectivity index is 2.30. The number of rotatable bonds is 8. The lowest BCUT2D eigenvalue weighted by atomic mass is 10.0. The number of esters is 1. The zero-order valence-electron chi connectivity index (χ0n) is 15.6. The van der Waals surface area contributed by atoms with Crippen LogP contribution in [0.4, 0.5) is 0 Å². The molecule has 0 spiro atoms. The van der Waals surface area contributed by atoms with Crippen molar-refractivity contribution in [3.8, 4) is 0 Å². The molecule has 0 radical (unpaired) electrons. The fourth-order valence-corrected chi connectivity index (χ4v) is 3.13. The monoisotopic (exact) mass is 336 g/mol. The predicted molar refractivity (Wildman–Crippen MR) is 98.2 cm³/mol. The smallest absolute Gasteiger partial charge is 0.309 e. The van der Waals surface area contributed by atoms with Gasteiger partial charge in [-0.05, 0) is 48.5 Å². The van der Waals surface area contributed by atoms with Crippen LogP contribution in [0.3, 0.4) is 0 Å². The van der Waals surface area contributed by atoms with Crippen LogP contribution in [0.25, 0.3) is 0 Å². The number of hydrogen-bond donors (Lipinski definition) is 0. The van der Waals surface area contributed by atoms with Crippen molar-refractivity contribution in [1.29, 1.82) is 0 Å². The highest BCUT2D eigenvalue weighted by molar-refractivity contribution is 6.74. The van der Waals surface area contributed by atoms with Crippen molar-refractivity contribution in [3.63, 3.8) is 0 Å². The van der Waals surface area contributed by atoms with E-state index in [1.165, 1.54) is 12.7 Å². The van der Waals surface area contributed by atoms with Gasteiger partial charge < -0.3 is 9.16 Å². The zero-order chi connectivity index (χ0) is 17.5. The van der Waals surface area contributed by atoms with Crippen LogP contribution < -0.4 is 0 Å². The van der Waals surface area contributed by atoms with Crippen LogP contribution in [0.5, 0.6) is 0 Å². The molecule has 130 valence electrons. The molecule has 0 aliphatic rings. The van der Waals surface area contributed by atoms with Crippen LogP contribution in [0.1, 0.15) is 44.7 Å². The molecule has 0 unspecified atom stereocenters. The van der Waals surface area contributed by atoms with Crippen molar-refractivity contribution in [2.75, 3.05) is 13.7 Å². The lowest BCUT2D eigenvalue weighted by Crippen LogP contribution is -2.40. The molecular weight excluding hydrogens is 304 g/mol. The number of ether oxygens (including phenoxy) is 1. The number of carbonyl (C=O) groups is 1. The van der Waals surface area contributed by atoms with Crippen LogP contribution in [0.2, 0.25) is 18.1 Å². The molecule has 0 aromatic heterocycles. The number of unbranched alkanes of at least 4 members (excludes halogenated alkanes) is 1. The summed E-state index contributed by atoms with van der Waals surface area (Å²) >= 11 is 0. The molecule has 0 heterocycles. The molecule has 4 heteroatoms. The molecule has 3 nitrogen and oxygen atoms in total. The van der Waals surface area contributed by atoms with Crippen LogP contribution >= 0.6 is 0 Å². The summed E-state index contributed by atoms with van der Waals surface area (Å²) in [4.78, 5) is 11.2. The minimum Gasteiger partial charge on any atom is -0.469 e. The van der Waals surface area contributed by atoms with E-state index in [4.69, 9.17) is 4.43 Å². The Kier molecular flexibility index (Phi) is 7.48. The molecule has 0 aliphatic heterocycles. The molecule has 1 aromatic rings. The first-order valence-electron chi connectivity index (χ1n) is 8.44. The maximum absolute atomic E-state index is 11.2. The minimum absolute atomic E-state index is 0.194. The lowest BCUT2D eigenvalue weighted by molar-refractivity contribution is -0.139. The van der Waals surface area contributed by atoms with Crippen LogP contribution in [-0.4, -0.2) is 28.0 Å². The van der Waals surface area contributed by atoms with E-state index < -0.39 is 8.32 Å². The second-order valence-electron chi connectivity index (χ2n) is 7.64. The molecule has 1 aromatic carbocycles. The summed E-state index contributed by atoms with van der Waals surface area (Å²) in [6, 6.07) is 8.23. The first-order valence-corrected chi connectivity index (χ1v) is 11.3. The van der Waals surface area contributed by atoms with Crippen molar-refractivity contribution in [3.05, 3.63) is 35.4 Å². The third-order valence-corrected chi connectivity index (χ3v) is 9.27. The number of carbonyl (C=O) groups excluding carboxylic acids is 1. The Morgan fingerprint density at radius 1 is 1.04 bits per heavy atom. The minimum atomic E-state index is -1.60. The first-order chi connectivity index (χ1) is 10.7. The highest BCUT2D eigenvalue weighted by Crippen LogP contribution is 2.36. The van der Waals surface area contributed by atoms with Gasteiger partial charge in [0.2, 0.25) is 0 Å². The van der Waals surface area contributed by atoms with E-state index in [2.05, 4.69) is 50.7 Å². The third-order valence-electron chi connectivity index (χ3n) is 4.73. The number of methoxy groups -OCH3 is 1. The van der Waals surface area contributed by atoms with Crippen molar-refractivity contribution < 1.29 is 14.0 Å². The fourth-order valence-electron chi connectivity index (χ4n) is 2.04. The van der Waals surface area contributed by atoms with Gasteiger partial charge in [-0.1, -0.05) is 45.0 Å². The summed E-state index contributed by atoms with van der Waals surface area (Å²) in [6.07, 6.45) is 3.62. The Morgan fingerprint density at radius 2 is 1.61 bits per heavy atom. The predicted octanol–water partition coefficient (Wildman–Crippen LogP) is 4.75.